The molecule has 1 aliphatic carbocycles. The molecule has 1 saturated heterocycles. The highest BCUT2D eigenvalue weighted by Crippen LogP contribution is 2.36. The smallest absolute Gasteiger partial charge is 0.236 e. The van der Waals surface area contributed by atoms with Crippen LogP contribution < -0.4 is 5.73 Å². The number of hydrogen-bond donors (Lipinski definition) is 3. The van der Waals surface area contributed by atoms with E-state index in [2.05, 4.69) is 5.16 Å². The number of carbonyl (C=O) groups is 1. The Kier molecular flexibility index (Phi) is 5.41. The summed E-state index contributed by atoms with van der Waals surface area (Å²) < 4.78 is 5.33. The summed E-state index contributed by atoms with van der Waals surface area (Å²) in [5.74, 6) is -0.108. The highest BCUT2D eigenvalue weighted by Gasteiger charge is 2.48. The largest absolute Gasteiger partial charge is 0.409 e. The van der Waals surface area contributed by atoms with Crippen LogP contribution in [0.2, 0.25) is 0 Å². The Hall–Kier alpha value is -1.34. The minimum Gasteiger partial charge on any atom is -0.409 e. The van der Waals surface area contributed by atoms with E-state index in [4.69, 9.17) is 20.8 Å². The van der Waals surface area contributed by atoms with E-state index in [1.807, 2.05) is 4.90 Å². The first-order valence-electron chi connectivity index (χ1n) is 7.63. The Morgan fingerprint density at radius 1 is 1.38 bits per heavy atom. The van der Waals surface area contributed by atoms with Gasteiger partial charge in [0.2, 0.25) is 5.91 Å². The molecule has 2 fully saturated rings. The fourth-order valence-corrected chi connectivity index (χ4v) is 3.06. The fraction of sp³-hybridized carbons (Fsp3) is 0.857. The monoisotopic (exact) mass is 299 g/mol. The van der Waals surface area contributed by atoms with Gasteiger partial charge in [0, 0.05) is 32.4 Å². The predicted molar refractivity (Wildman–Crippen MR) is 76.9 cm³/mol. The van der Waals surface area contributed by atoms with Crippen molar-refractivity contribution in [2.75, 3.05) is 26.4 Å². The van der Waals surface area contributed by atoms with Gasteiger partial charge in [-0.25, -0.2) is 0 Å². The lowest BCUT2D eigenvalue weighted by atomic mass is 9.76. The van der Waals surface area contributed by atoms with Crippen LogP contribution in [0, 0.1) is 5.41 Å². The summed E-state index contributed by atoms with van der Waals surface area (Å²) in [6.45, 7) is 1.43. The third-order valence-electron chi connectivity index (χ3n) is 4.69. The number of hydrogen-bond acceptors (Lipinski definition) is 5. The van der Waals surface area contributed by atoms with Crippen molar-refractivity contribution in [1.29, 1.82) is 0 Å². The number of oxime groups is 1. The molecule has 1 amide bonds. The summed E-state index contributed by atoms with van der Waals surface area (Å²) in [4.78, 5) is 14.9. The van der Waals surface area contributed by atoms with Gasteiger partial charge in [-0.1, -0.05) is 5.16 Å². The van der Waals surface area contributed by atoms with Gasteiger partial charge < -0.3 is 25.7 Å². The molecule has 1 saturated carbocycles. The van der Waals surface area contributed by atoms with Gasteiger partial charge in [0.15, 0.2) is 5.84 Å². The molecule has 1 heterocycles. The zero-order valence-corrected chi connectivity index (χ0v) is 12.3. The van der Waals surface area contributed by atoms with Crippen LogP contribution in [0.25, 0.3) is 0 Å². The molecule has 0 radical (unpaired) electrons. The first-order valence-corrected chi connectivity index (χ1v) is 7.63. The first-order chi connectivity index (χ1) is 10.2. The topological polar surface area (TPSA) is 108 Å². The third-order valence-corrected chi connectivity index (χ3v) is 4.69. The summed E-state index contributed by atoms with van der Waals surface area (Å²) in [5, 5.41) is 21.2. The highest BCUT2D eigenvalue weighted by atomic mass is 16.5. The summed E-state index contributed by atoms with van der Waals surface area (Å²) in [7, 11) is 0. The van der Waals surface area contributed by atoms with Crippen molar-refractivity contribution in [3.63, 3.8) is 0 Å². The van der Waals surface area contributed by atoms with E-state index in [1.54, 1.807) is 0 Å². The molecule has 4 N–H and O–H groups in total. The number of carbonyl (C=O) groups excluding carboxylic acids is 1. The van der Waals surface area contributed by atoms with E-state index < -0.39 is 5.41 Å². The van der Waals surface area contributed by atoms with Crippen LogP contribution in [-0.4, -0.2) is 59.4 Å². The molecule has 0 aromatic rings. The van der Waals surface area contributed by atoms with Gasteiger partial charge >= 0.3 is 0 Å². The molecule has 0 aromatic carbocycles. The SMILES string of the molecule is NC(=NO)C1(C(=O)N(CCCO)C2CCC2)CCOCC1. The second kappa shape index (κ2) is 7.09. The molecule has 1 aliphatic heterocycles. The molecule has 2 aliphatic rings. The Morgan fingerprint density at radius 3 is 2.52 bits per heavy atom. The quantitative estimate of drug-likeness (QED) is 0.283. The van der Waals surface area contributed by atoms with Gasteiger partial charge in [-0.2, -0.15) is 0 Å². The van der Waals surface area contributed by atoms with Crippen molar-refractivity contribution in [3.05, 3.63) is 0 Å². The summed E-state index contributed by atoms with van der Waals surface area (Å²) in [6.07, 6.45) is 4.51. The molecule has 0 unspecified atom stereocenters. The predicted octanol–water partition coefficient (Wildman–Crippen LogP) is 0.293. The van der Waals surface area contributed by atoms with Gasteiger partial charge in [0.1, 0.15) is 5.41 Å². The second-order valence-corrected chi connectivity index (χ2v) is 5.84. The minimum absolute atomic E-state index is 0.0240. The van der Waals surface area contributed by atoms with E-state index >= 15 is 0 Å². The number of rotatable bonds is 6. The van der Waals surface area contributed by atoms with Crippen molar-refractivity contribution in [2.45, 2.75) is 44.6 Å². The van der Waals surface area contributed by atoms with Crippen molar-refractivity contribution >= 4 is 11.7 Å². The number of aliphatic hydroxyl groups is 1. The van der Waals surface area contributed by atoms with Crippen molar-refractivity contribution in [1.82, 2.24) is 4.90 Å². The molecule has 120 valence electrons. The van der Waals surface area contributed by atoms with E-state index in [0.29, 0.717) is 39.0 Å². The van der Waals surface area contributed by atoms with Crippen LogP contribution >= 0.6 is 0 Å². The number of ether oxygens (including phenoxy) is 1. The Bertz CT molecular complexity index is 390. The van der Waals surface area contributed by atoms with Crippen LogP contribution in [0.1, 0.15) is 38.5 Å². The Balaban J connectivity index is 2.21. The zero-order valence-electron chi connectivity index (χ0n) is 12.3. The number of nitrogens with two attached hydrogens (primary N) is 1. The lowest BCUT2D eigenvalue weighted by molar-refractivity contribution is -0.147. The Labute approximate surface area is 124 Å². The molecule has 21 heavy (non-hydrogen) atoms. The minimum atomic E-state index is -0.960. The maximum absolute atomic E-state index is 13.1. The lowest BCUT2D eigenvalue weighted by Gasteiger charge is -2.44. The number of nitrogens with zero attached hydrogens (tertiary/aromatic N) is 2. The van der Waals surface area contributed by atoms with Crippen LogP contribution in [0.5, 0.6) is 0 Å². The molecular weight excluding hydrogens is 274 g/mol. The van der Waals surface area contributed by atoms with Gasteiger partial charge in [0.25, 0.3) is 0 Å². The van der Waals surface area contributed by atoms with Crippen molar-refractivity contribution < 1.29 is 19.8 Å². The number of amidine groups is 1. The lowest BCUT2D eigenvalue weighted by Crippen LogP contribution is -2.57. The maximum atomic E-state index is 13.1. The van der Waals surface area contributed by atoms with Gasteiger partial charge in [-0.15, -0.1) is 0 Å². The number of amides is 1. The van der Waals surface area contributed by atoms with Crippen LogP contribution in [-0.2, 0) is 9.53 Å². The standard InChI is InChI=1S/C14H25N3O4/c15-12(16-20)14(5-9-21-10-6-14)13(19)17(7-2-8-18)11-3-1-4-11/h11,18,20H,1-10H2,(H2,15,16). The fourth-order valence-electron chi connectivity index (χ4n) is 3.06. The molecule has 0 aromatic heterocycles. The Morgan fingerprint density at radius 2 is 2.05 bits per heavy atom. The third kappa shape index (κ3) is 3.13. The zero-order chi connectivity index (χ0) is 15.3. The van der Waals surface area contributed by atoms with Crippen molar-refractivity contribution in [2.24, 2.45) is 16.3 Å². The molecule has 0 spiro atoms. The average Bonchev–Trinajstić information content (AvgIpc) is 2.48. The molecule has 2 rings (SSSR count). The van der Waals surface area contributed by atoms with E-state index in [-0.39, 0.29) is 24.4 Å². The molecular formula is C14H25N3O4. The second-order valence-electron chi connectivity index (χ2n) is 5.84. The summed E-state index contributed by atoms with van der Waals surface area (Å²) >= 11 is 0. The van der Waals surface area contributed by atoms with Crippen LogP contribution in [0.15, 0.2) is 5.16 Å². The van der Waals surface area contributed by atoms with Gasteiger partial charge in [0.05, 0.1) is 0 Å². The summed E-state index contributed by atoms with van der Waals surface area (Å²) in [5.41, 5.74) is 4.90. The van der Waals surface area contributed by atoms with Gasteiger partial charge in [-0.05, 0) is 38.5 Å². The normalized spacial score (nSPS) is 22.6. The van der Waals surface area contributed by atoms with Crippen molar-refractivity contribution in [3.8, 4) is 0 Å². The highest BCUT2D eigenvalue weighted by molar-refractivity contribution is 6.07. The molecule has 7 heteroatoms. The number of aliphatic hydroxyl groups excluding tert-OH is 1. The first kappa shape index (κ1) is 16.0. The van der Waals surface area contributed by atoms with Gasteiger partial charge in [-0.3, -0.25) is 4.79 Å². The van der Waals surface area contributed by atoms with E-state index in [9.17, 15) is 4.79 Å². The molecule has 0 bridgehead atoms. The average molecular weight is 299 g/mol. The summed E-state index contributed by atoms with van der Waals surface area (Å²) in [6, 6.07) is 0.218. The molecule has 0 atom stereocenters. The maximum Gasteiger partial charge on any atom is 0.236 e. The van der Waals surface area contributed by atoms with E-state index in [1.165, 1.54) is 0 Å². The van der Waals surface area contributed by atoms with Crippen LogP contribution in [0.4, 0.5) is 0 Å². The molecule has 7 nitrogen and oxygen atoms in total. The van der Waals surface area contributed by atoms with Crippen LogP contribution in [0.3, 0.4) is 0 Å². The van der Waals surface area contributed by atoms with E-state index in [0.717, 1.165) is 19.3 Å².